The second-order valence-corrected chi connectivity index (χ2v) is 6.97. The standard InChI is InChI=1S/C20H24N4O/c1-22-8-10-23(11-9-22)19-12-18(13-21-14-19)20(25)24-7-6-16-4-2-3-5-17(16)15-24/h2-5,12-14H,6-11,15H2,1H3. The fourth-order valence-corrected chi connectivity index (χ4v) is 3.63. The molecular weight excluding hydrogens is 312 g/mol. The maximum atomic E-state index is 13.0. The van der Waals surface area contributed by atoms with Gasteiger partial charge in [0.05, 0.1) is 17.4 Å². The molecular formula is C20H24N4O. The molecule has 130 valence electrons. The summed E-state index contributed by atoms with van der Waals surface area (Å²) in [4.78, 5) is 23.9. The summed E-state index contributed by atoms with van der Waals surface area (Å²) >= 11 is 0. The zero-order valence-corrected chi connectivity index (χ0v) is 14.7. The Balaban J connectivity index is 1.50. The van der Waals surface area contributed by atoms with Crippen molar-refractivity contribution in [3.63, 3.8) is 0 Å². The number of rotatable bonds is 2. The second kappa shape index (κ2) is 6.84. The van der Waals surface area contributed by atoms with Gasteiger partial charge in [0.25, 0.3) is 5.91 Å². The summed E-state index contributed by atoms with van der Waals surface area (Å²) in [7, 11) is 2.14. The third-order valence-corrected chi connectivity index (χ3v) is 5.26. The van der Waals surface area contributed by atoms with Crippen LogP contribution in [0.25, 0.3) is 0 Å². The molecule has 0 saturated carbocycles. The number of pyridine rings is 1. The molecule has 0 bridgehead atoms. The minimum absolute atomic E-state index is 0.0815. The first-order chi connectivity index (χ1) is 12.2. The van der Waals surface area contributed by atoms with Crippen LogP contribution in [0, 0.1) is 0 Å². The molecule has 0 atom stereocenters. The van der Waals surface area contributed by atoms with Gasteiger partial charge in [-0.2, -0.15) is 0 Å². The number of aromatic nitrogens is 1. The molecule has 0 N–H and O–H groups in total. The predicted molar refractivity (Wildman–Crippen MR) is 98.8 cm³/mol. The first-order valence-corrected chi connectivity index (χ1v) is 8.95. The summed E-state index contributed by atoms with van der Waals surface area (Å²) in [6.45, 7) is 5.50. The van der Waals surface area contributed by atoms with Gasteiger partial charge in [0.1, 0.15) is 0 Å². The van der Waals surface area contributed by atoms with Crippen LogP contribution >= 0.6 is 0 Å². The number of benzene rings is 1. The van der Waals surface area contributed by atoms with Crippen molar-refractivity contribution in [3.05, 3.63) is 59.4 Å². The maximum absolute atomic E-state index is 13.0. The van der Waals surface area contributed by atoms with Crippen molar-refractivity contribution in [2.75, 3.05) is 44.7 Å². The Morgan fingerprint density at radius 1 is 1.00 bits per heavy atom. The molecule has 5 heteroatoms. The number of piperazine rings is 1. The zero-order valence-electron chi connectivity index (χ0n) is 14.7. The molecule has 2 aliphatic heterocycles. The molecule has 1 fully saturated rings. The lowest BCUT2D eigenvalue weighted by atomic mass is 9.99. The Morgan fingerprint density at radius 3 is 2.56 bits per heavy atom. The van der Waals surface area contributed by atoms with Gasteiger partial charge in [0.2, 0.25) is 0 Å². The van der Waals surface area contributed by atoms with Crippen molar-refractivity contribution in [1.29, 1.82) is 0 Å². The highest BCUT2D eigenvalue weighted by molar-refractivity contribution is 5.95. The summed E-state index contributed by atoms with van der Waals surface area (Å²) in [5, 5.41) is 0. The van der Waals surface area contributed by atoms with E-state index >= 15 is 0 Å². The first kappa shape index (κ1) is 16.1. The van der Waals surface area contributed by atoms with Crippen LogP contribution in [0.4, 0.5) is 5.69 Å². The average molecular weight is 336 g/mol. The van der Waals surface area contributed by atoms with E-state index in [-0.39, 0.29) is 5.91 Å². The molecule has 0 radical (unpaired) electrons. The van der Waals surface area contributed by atoms with E-state index in [0.717, 1.165) is 44.8 Å². The zero-order chi connectivity index (χ0) is 17.2. The van der Waals surface area contributed by atoms with Gasteiger partial charge in [0, 0.05) is 45.5 Å². The van der Waals surface area contributed by atoms with Gasteiger partial charge < -0.3 is 14.7 Å². The van der Waals surface area contributed by atoms with E-state index in [1.807, 2.05) is 23.2 Å². The lowest BCUT2D eigenvalue weighted by Crippen LogP contribution is -2.44. The van der Waals surface area contributed by atoms with E-state index in [1.54, 1.807) is 6.20 Å². The van der Waals surface area contributed by atoms with Crippen LogP contribution in [-0.2, 0) is 13.0 Å². The Labute approximate surface area is 148 Å². The molecule has 1 amide bonds. The fourth-order valence-electron chi connectivity index (χ4n) is 3.63. The first-order valence-electron chi connectivity index (χ1n) is 8.95. The highest BCUT2D eigenvalue weighted by Crippen LogP contribution is 2.22. The quantitative estimate of drug-likeness (QED) is 0.841. The Morgan fingerprint density at radius 2 is 1.76 bits per heavy atom. The van der Waals surface area contributed by atoms with E-state index in [4.69, 9.17) is 0 Å². The van der Waals surface area contributed by atoms with Crippen LogP contribution in [0.15, 0.2) is 42.7 Å². The lowest BCUT2D eigenvalue weighted by molar-refractivity contribution is 0.0734. The van der Waals surface area contributed by atoms with Crippen LogP contribution in [-0.4, -0.2) is 60.5 Å². The number of nitrogens with zero attached hydrogens (tertiary/aromatic N) is 4. The van der Waals surface area contributed by atoms with Crippen LogP contribution in [0.3, 0.4) is 0 Å². The van der Waals surface area contributed by atoms with Crippen LogP contribution in [0.5, 0.6) is 0 Å². The van der Waals surface area contributed by atoms with Crippen molar-refractivity contribution >= 4 is 11.6 Å². The molecule has 2 aromatic rings. The van der Waals surface area contributed by atoms with Gasteiger partial charge in [-0.3, -0.25) is 9.78 Å². The summed E-state index contributed by atoms with van der Waals surface area (Å²) in [5.41, 5.74) is 4.35. The van der Waals surface area contributed by atoms with Crippen molar-refractivity contribution in [2.45, 2.75) is 13.0 Å². The molecule has 0 spiro atoms. The van der Waals surface area contributed by atoms with Crippen LogP contribution in [0.2, 0.25) is 0 Å². The second-order valence-electron chi connectivity index (χ2n) is 6.97. The summed E-state index contributed by atoms with van der Waals surface area (Å²) in [6.07, 6.45) is 4.49. The number of hydrogen-bond donors (Lipinski definition) is 0. The van der Waals surface area contributed by atoms with E-state index in [1.165, 1.54) is 11.1 Å². The minimum Gasteiger partial charge on any atom is -0.368 e. The molecule has 25 heavy (non-hydrogen) atoms. The Kier molecular flexibility index (Phi) is 4.40. The van der Waals surface area contributed by atoms with E-state index in [9.17, 15) is 4.79 Å². The topological polar surface area (TPSA) is 39.7 Å². The van der Waals surface area contributed by atoms with E-state index < -0.39 is 0 Å². The molecule has 5 nitrogen and oxygen atoms in total. The van der Waals surface area contributed by atoms with Crippen LogP contribution in [0.1, 0.15) is 21.5 Å². The van der Waals surface area contributed by atoms with Gasteiger partial charge >= 0.3 is 0 Å². The largest absolute Gasteiger partial charge is 0.368 e. The number of likely N-dealkylation sites (N-methyl/N-ethyl adjacent to an activating group) is 1. The summed E-state index contributed by atoms with van der Waals surface area (Å²) in [5.74, 6) is 0.0815. The molecule has 1 saturated heterocycles. The molecule has 4 rings (SSSR count). The maximum Gasteiger partial charge on any atom is 0.255 e. The number of fused-ring (bicyclic) bond motifs is 1. The monoisotopic (exact) mass is 336 g/mol. The normalized spacial score (nSPS) is 18.1. The third kappa shape index (κ3) is 3.37. The fraction of sp³-hybridized carbons (Fsp3) is 0.400. The summed E-state index contributed by atoms with van der Waals surface area (Å²) < 4.78 is 0. The molecule has 2 aliphatic rings. The highest BCUT2D eigenvalue weighted by atomic mass is 16.2. The van der Waals surface area contributed by atoms with Gasteiger partial charge in [0.15, 0.2) is 0 Å². The van der Waals surface area contributed by atoms with Crippen molar-refractivity contribution in [2.24, 2.45) is 0 Å². The van der Waals surface area contributed by atoms with Gasteiger partial charge in [-0.05, 0) is 30.7 Å². The Hall–Kier alpha value is -2.40. The number of carbonyl (C=O) groups is 1. The molecule has 3 heterocycles. The molecule has 0 unspecified atom stereocenters. The number of carbonyl (C=O) groups excluding carboxylic acids is 1. The van der Waals surface area contributed by atoms with Gasteiger partial charge in [-0.25, -0.2) is 0 Å². The summed E-state index contributed by atoms with van der Waals surface area (Å²) in [6, 6.07) is 10.4. The SMILES string of the molecule is CN1CCN(c2cncc(C(=O)N3CCc4ccccc4C3)c2)CC1. The van der Waals surface area contributed by atoms with Gasteiger partial charge in [-0.1, -0.05) is 24.3 Å². The van der Waals surface area contributed by atoms with Crippen molar-refractivity contribution in [1.82, 2.24) is 14.8 Å². The molecule has 1 aromatic carbocycles. The number of hydrogen-bond acceptors (Lipinski definition) is 4. The van der Waals surface area contributed by atoms with Gasteiger partial charge in [-0.15, -0.1) is 0 Å². The molecule has 1 aromatic heterocycles. The van der Waals surface area contributed by atoms with Crippen molar-refractivity contribution in [3.8, 4) is 0 Å². The number of anilines is 1. The molecule has 0 aliphatic carbocycles. The Bertz CT molecular complexity index is 768. The van der Waals surface area contributed by atoms with E-state index in [0.29, 0.717) is 12.1 Å². The lowest BCUT2D eigenvalue weighted by Gasteiger charge is -2.34. The average Bonchev–Trinajstić information content (AvgIpc) is 2.68. The highest BCUT2D eigenvalue weighted by Gasteiger charge is 2.23. The van der Waals surface area contributed by atoms with Crippen molar-refractivity contribution < 1.29 is 4.79 Å². The number of amides is 1. The van der Waals surface area contributed by atoms with E-state index in [2.05, 4.69) is 40.0 Å². The smallest absolute Gasteiger partial charge is 0.255 e. The van der Waals surface area contributed by atoms with Crippen LogP contribution < -0.4 is 4.90 Å². The third-order valence-electron chi connectivity index (χ3n) is 5.26. The predicted octanol–water partition coefficient (Wildman–Crippen LogP) is 2.03. The minimum atomic E-state index is 0.0815.